The highest BCUT2D eigenvalue weighted by Gasteiger charge is 2.10. The molecule has 0 atom stereocenters. The van der Waals surface area contributed by atoms with Gasteiger partial charge in [0, 0.05) is 6.54 Å². The highest BCUT2D eigenvalue weighted by atomic mass is 35.5. The minimum atomic E-state index is -0.166. The Kier molecular flexibility index (Phi) is 5.49. The third-order valence-electron chi connectivity index (χ3n) is 2.11. The van der Waals surface area contributed by atoms with Crippen molar-refractivity contribution >= 4 is 35.0 Å². The van der Waals surface area contributed by atoms with Crippen LogP contribution in [0.15, 0.2) is 18.2 Å². The van der Waals surface area contributed by atoms with E-state index in [1.165, 1.54) is 0 Å². The van der Waals surface area contributed by atoms with E-state index in [0.717, 1.165) is 12.2 Å². The van der Waals surface area contributed by atoms with Crippen LogP contribution in [0.25, 0.3) is 0 Å². The Balaban J connectivity index is 2.56. The largest absolute Gasteiger partial charge is 0.397 e. The van der Waals surface area contributed by atoms with Crippen LogP contribution in [-0.4, -0.2) is 24.5 Å². The monoisotopic (exact) mass is 258 g/mol. The molecule has 5 heteroatoms. The summed E-state index contributed by atoms with van der Waals surface area (Å²) in [7, 11) is 0. The number of halogens is 1. The number of carbonyl (C=O) groups excluding carboxylic acids is 1. The molecular weight excluding hydrogens is 244 g/mol. The number of thioether (sulfide) groups is 1. The van der Waals surface area contributed by atoms with Gasteiger partial charge < -0.3 is 11.1 Å². The van der Waals surface area contributed by atoms with Crippen LogP contribution in [-0.2, 0) is 0 Å². The molecule has 3 nitrogen and oxygen atoms in total. The molecule has 1 aromatic rings. The van der Waals surface area contributed by atoms with E-state index in [1.807, 2.05) is 6.26 Å². The Morgan fingerprint density at radius 2 is 2.31 bits per heavy atom. The molecule has 0 aliphatic rings. The van der Waals surface area contributed by atoms with Gasteiger partial charge >= 0.3 is 0 Å². The first-order valence-electron chi connectivity index (χ1n) is 4.98. The van der Waals surface area contributed by atoms with Gasteiger partial charge in [-0.25, -0.2) is 0 Å². The number of benzene rings is 1. The average molecular weight is 259 g/mol. The smallest absolute Gasteiger partial charge is 0.253 e. The molecule has 0 saturated heterocycles. The Bertz CT molecular complexity index is 371. The van der Waals surface area contributed by atoms with Crippen molar-refractivity contribution in [2.75, 3.05) is 24.3 Å². The quantitative estimate of drug-likeness (QED) is 0.630. The van der Waals surface area contributed by atoms with Gasteiger partial charge in [0.2, 0.25) is 0 Å². The topological polar surface area (TPSA) is 55.1 Å². The molecule has 3 N–H and O–H groups in total. The summed E-state index contributed by atoms with van der Waals surface area (Å²) < 4.78 is 0. The van der Waals surface area contributed by atoms with Gasteiger partial charge in [-0.05, 0) is 30.6 Å². The summed E-state index contributed by atoms with van der Waals surface area (Å²) in [4.78, 5) is 11.7. The molecular formula is C11H15ClN2OS. The number of nitrogens with one attached hydrogen (secondary N) is 1. The van der Waals surface area contributed by atoms with Crippen molar-refractivity contribution in [2.45, 2.75) is 6.42 Å². The van der Waals surface area contributed by atoms with Crippen molar-refractivity contribution < 1.29 is 4.79 Å². The van der Waals surface area contributed by atoms with Crippen LogP contribution < -0.4 is 11.1 Å². The standard InChI is InChI=1S/C11H15ClN2OS/c1-16-7-3-6-14-11(15)8-4-2-5-9(12)10(8)13/h2,4-5H,3,6-7,13H2,1H3,(H,14,15). The van der Waals surface area contributed by atoms with Gasteiger partial charge in [0.15, 0.2) is 0 Å². The molecule has 1 aromatic carbocycles. The van der Waals surface area contributed by atoms with Crippen LogP contribution in [0.4, 0.5) is 5.69 Å². The fraction of sp³-hybridized carbons (Fsp3) is 0.364. The summed E-state index contributed by atoms with van der Waals surface area (Å²) >= 11 is 7.59. The third kappa shape index (κ3) is 3.61. The summed E-state index contributed by atoms with van der Waals surface area (Å²) in [6.45, 7) is 0.658. The van der Waals surface area contributed by atoms with Crippen LogP contribution in [0.1, 0.15) is 16.8 Å². The molecule has 0 radical (unpaired) electrons. The van der Waals surface area contributed by atoms with Crippen LogP contribution in [0.3, 0.4) is 0 Å². The predicted octanol–water partition coefficient (Wildman–Crippen LogP) is 2.41. The van der Waals surface area contributed by atoms with Crippen LogP contribution in [0.5, 0.6) is 0 Å². The van der Waals surface area contributed by atoms with Crippen molar-refractivity contribution in [3.8, 4) is 0 Å². The van der Waals surface area contributed by atoms with E-state index in [9.17, 15) is 4.79 Å². The van der Waals surface area contributed by atoms with Gasteiger partial charge in [-0.2, -0.15) is 11.8 Å². The number of hydrogen-bond donors (Lipinski definition) is 2. The van der Waals surface area contributed by atoms with Crippen LogP contribution >= 0.6 is 23.4 Å². The van der Waals surface area contributed by atoms with Gasteiger partial charge in [0.1, 0.15) is 0 Å². The lowest BCUT2D eigenvalue weighted by Crippen LogP contribution is -2.25. The average Bonchev–Trinajstić information content (AvgIpc) is 2.28. The summed E-state index contributed by atoms with van der Waals surface area (Å²) in [6.07, 6.45) is 2.99. The lowest BCUT2D eigenvalue weighted by Gasteiger charge is -2.07. The number of nitrogen functional groups attached to an aromatic ring is 1. The van der Waals surface area contributed by atoms with E-state index in [1.54, 1.807) is 30.0 Å². The molecule has 0 bridgehead atoms. The maximum Gasteiger partial charge on any atom is 0.253 e. The van der Waals surface area contributed by atoms with Crippen molar-refractivity contribution in [1.29, 1.82) is 0 Å². The second-order valence-corrected chi connectivity index (χ2v) is 4.70. The minimum Gasteiger partial charge on any atom is -0.397 e. The molecule has 16 heavy (non-hydrogen) atoms. The van der Waals surface area contributed by atoms with Gasteiger partial charge in [-0.3, -0.25) is 4.79 Å². The lowest BCUT2D eigenvalue weighted by atomic mass is 10.1. The molecule has 0 aromatic heterocycles. The van der Waals surface area contributed by atoms with Gasteiger partial charge in [-0.15, -0.1) is 0 Å². The van der Waals surface area contributed by atoms with Crippen molar-refractivity contribution in [3.05, 3.63) is 28.8 Å². The van der Waals surface area contributed by atoms with Gasteiger partial charge in [0.05, 0.1) is 16.3 Å². The second-order valence-electron chi connectivity index (χ2n) is 3.30. The molecule has 1 amide bonds. The molecule has 0 spiro atoms. The van der Waals surface area contributed by atoms with Crippen molar-refractivity contribution in [3.63, 3.8) is 0 Å². The summed E-state index contributed by atoms with van der Waals surface area (Å²) in [6, 6.07) is 5.06. The zero-order valence-electron chi connectivity index (χ0n) is 9.13. The molecule has 0 aliphatic carbocycles. The maximum atomic E-state index is 11.7. The number of carbonyl (C=O) groups is 1. The normalized spacial score (nSPS) is 10.1. The molecule has 0 heterocycles. The lowest BCUT2D eigenvalue weighted by molar-refractivity contribution is 0.0954. The maximum absolute atomic E-state index is 11.7. The molecule has 88 valence electrons. The Morgan fingerprint density at radius 1 is 1.56 bits per heavy atom. The molecule has 0 fully saturated rings. The number of anilines is 1. The van der Waals surface area contributed by atoms with E-state index in [0.29, 0.717) is 22.8 Å². The zero-order valence-corrected chi connectivity index (χ0v) is 10.7. The first-order valence-corrected chi connectivity index (χ1v) is 6.75. The number of hydrogen-bond acceptors (Lipinski definition) is 3. The first-order chi connectivity index (χ1) is 7.66. The number of rotatable bonds is 5. The molecule has 0 saturated carbocycles. The number of nitrogens with two attached hydrogens (primary N) is 1. The van der Waals surface area contributed by atoms with Crippen molar-refractivity contribution in [2.24, 2.45) is 0 Å². The zero-order chi connectivity index (χ0) is 12.0. The molecule has 0 aliphatic heterocycles. The first kappa shape index (κ1) is 13.2. The molecule has 0 unspecified atom stereocenters. The van der Waals surface area contributed by atoms with Crippen LogP contribution in [0.2, 0.25) is 5.02 Å². The Morgan fingerprint density at radius 3 is 3.00 bits per heavy atom. The number of amides is 1. The Hall–Kier alpha value is -0.870. The highest BCUT2D eigenvalue weighted by Crippen LogP contribution is 2.22. The summed E-state index contributed by atoms with van der Waals surface area (Å²) in [5.41, 5.74) is 6.50. The van der Waals surface area contributed by atoms with E-state index in [4.69, 9.17) is 17.3 Å². The fourth-order valence-electron chi connectivity index (χ4n) is 1.25. The summed E-state index contributed by atoms with van der Waals surface area (Å²) in [5, 5.41) is 3.22. The van der Waals surface area contributed by atoms with E-state index >= 15 is 0 Å². The number of para-hydroxylation sites is 1. The molecule has 1 rings (SSSR count). The van der Waals surface area contributed by atoms with Gasteiger partial charge in [0.25, 0.3) is 5.91 Å². The van der Waals surface area contributed by atoms with E-state index in [2.05, 4.69) is 5.32 Å². The third-order valence-corrected chi connectivity index (χ3v) is 3.13. The predicted molar refractivity (Wildman–Crippen MR) is 71.2 cm³/mol. The van der Waals surface area contributed by atoms with E-state index in [-0.39, 0.29) is 5.91 Å². The second kappa shape index (κ2) is 6.66. The van der Waals surface area contributed by atoms with Crippen molar-refractivity contribution in [1.82, 2.24) is 5.32 Å². The summed E-state index contributed by atoms with van der Waals surface area (Å²) in [5.74, 6) is 0.867. The van der Waals surface area contributed by atoms with Crippen LogP contribution in [0, 0.1) is 0 Å². The van der Waals surface area contributed by atoms with Gasteiger partial charge in [-0.1, -0.05) is 17.7 Å². The van der Waals surface area contributed by atoms with E-state index < -0.39 is 0 Å². The minimum absolute atomic E-state index is 0.166. The Labute approximate surface area is 105 Å². The highest BCUT2D eigenvalue weighted by molar-refractivity contribution is 7.98. The SMILES string of the molecule is CSCCCNC(=O)c1cccc(Cl)c1N. The fourth-order valence-corrected chi connectivity index (χ4v) is 1.86.